The van der Waals surface area contributed by atoms with E-state index in [1.165, 1.54) is 24.3 Å². The van der Waals surface area contributed by atoms with Crippen LogP contribution in [0.5, 0.6) is 0 Å². The lowest BCUT2D eigenvalue weighted by Crippen LogP contribution is -2.31. The van der Waals surface area contributed by atoms with E-state index >= 15 is 0 Å². The van der Waals surface area contributed by atoms with Crippen LogP contribution in [0.3, 0.4) is 0 Å². The average Bonchev–Trinajstić information content (AvgIpc) is 3.18. The summed E-state index contributed by atoms with van der Waals surface area (Å²) < 4.78 is 41.0. The van der Waals surface area contributed by atoms with Gasteiger partial charge in [0.2, 0.25) is 0 Å². The van der Waals surface area contributed by atoms with Gasteiger partial charge in [-0.15, -0.1) is 0 Å². The average molecular weight is 438 g/mol. The van der Waals surface area contributed by atoms with Gasteiger partial charge in [-0.1, -0.05) is 42.8 Å². The second kappa shape index (κ2) is 8.89. The smallest absolute Gasteiger partial charge is 0.391 e. The van der Waals surface area contributed by atoms with Gasteiger partial charge in [0.1, 0.15) is 0 Å². The summed E-state index contributed by atoms with van der Waals surface area (Å²) in [7, 11) is 0. The second-order valence-corrected chi connectivity index (χ2v) is 7.03. The molecule has 9 heteroatoms. The summed E-state index contributed by atoms with van der Waals surface area (Å²) in [5, 5.41) is 16.1. The molecule has 0 saturated heterocycles. The van der Waals surface area contributed by atoms with E-state index in [1.54, 1.807) is 31.2 Å². The first-order valence-corrected chi connectivity index (χ1v) is 9.57. The first kappa shape index (κ1) is 21.9. The molecule has 0 radical (unpaired) electrons. The third kappa shape index (κ3) is 4.83. The molecule has 158 valence electrons. The maximum atomic E-state index is 13.3. The molecule has 2 N–H and O–H groups in total. The number of halogens is 4. The van der Waals surface area contributed by atoms with Crippen LogP contribution in [0.15, 0.2) is 54.6 Å². The molecule has 0 saturated carbocycles. The third-order valence-electron chi connectivity index (χ3n) is 4.49. The molecule has 0 bridgehead atoms. The maximum Gasteiger partial charge on any atom is 0.435 e. The Balaban J connectivity index is 1.96. The fourth-order valence-corrected chi connectivity index (χ4v) is 3.00. The fraction of sp³-hybridized carbons (Fsp3) is 0.238. The van der Waals surface area contributed by atoms with E-state index in [0.717, 1.165) is 10.7 Å². The summed E-state index contributed by atoms with van der Waals surface area (Å²) in [5.41, 5.74) is 0.196. The number of benzene rings is 2. The van der Waals surface area contributed by atoms with Gasteiger partial charge in [0, 0.05) is 17.7 Å². The molecule has 1 amide bonds. The first-order chi connectivity index (χ1) is 14.2. The van der Waals surface area contributed by atoms with Gasteiger partial charge in [0.15, 0.2) is 5.69 Å². The number of hydrogen-bond donors (Lipinski definition) is 2. The van der Waals surface area contributed by atoms with Gasteiger partial charge >= 0.3 is 6.18 Å². The number of aliphatic hydroxyl groups excluding tert-OH is 1. The van der Waals surface area contributed by atoms with Gasteiger partial charge in [-0.05, 0) is 36.8 Å². The minimum absolute atomic E-state index is 0.116. The van der Waals surface area contributed by atoms with Crippen LogP contribution < -0.4 is 5.32 Å². The number of carbonyl (C=O) groups is 1. The van der Waals surface area contributed by atoms with Gasteiger partial charge in [-0.3, -0.25) is 4.79 Å². The van der Waals surface area contributed by atoms with Crippen LogP contribution in [0.1, 0.15) is 29.4 Å². The Morgan fingerprint density at radius 2 is 1.87 bits per heavy atom. The lowest BCUT2D eigenvalue weighted by molar-refractivity contribution is -0.141. The highest BCUT2D eigenvalue weighted by Crippen LogP contribution is 2.34. The standard InChI is InChI=1S/C21H19ClF3N3O2/c1-2-15(29)12-26-20(30)14-9-7-13(8-10-14)18-11-19(21(23,24)25)27-28(18)17-6-4-3-5-16(17)22/h3-11,15,29H,2,12H2,1H3,(H,26,30). The van der Waals surface area contributed by atoms with Gasteiger partial charge in [0.25, 0.3) is 5.91 Å². The Bertz CT molecular complexity index is 1030. The van der Waals surface area contributed by atoms with Gasteiger partial charge in [0.05, 0.1) is 22.5 Å². The number of alkyl halides is 3. The Morgan fingerprint density at radius 1 is 1.20 bits per heavy atom. The quantitative estimate of drug-likeness (QED) is 0.586. The van der Waals surface area contributed by atoms with Crippen LogP contribution >= 0.6 is 11.6 Å². The number of rotatable bonds is 6. The number of hydrogen-bond acceptors (Lipinski definition) is 3. The molecule has 5 nitrogen and oxygen atoms in total. The Morgan fingerprint density at radius 3 is 2.47 bits per heavy atom. The zero-order valence-corrected chi connectivity index (χ0v) is 16.7. The van der Waals surface area contributed by atoms with Crippen molar-refractivity contribution in [2.75, 3.05) is 6.54 Å². The second-order valence-electron chi connectivity index (χ2n) is 6.63. The van der Waals surface area contributed by atoms with Crippen LogP contribution in [0.25, 0.3) is 16.9 Å². The first-order valence-electron chi connectivity index (χ1n) is 9.19. The fourth-order valence-electron chi connectivity index (χ4n) is 2.78. The summed E-state index contributed by atoms with van der Waals surface area (Å²) >= 11 is 6.17. The zero-order valence-electron chi connectivity index (χ0n) is 15.9. The summed E-state index contributed by atoms with van der Waals surface area (Å²) in [6.45, 7) is 1.91. The molecule has 0 fully saturated rings. The van der Waals surface area contributed by atoms with Crippen LogP contribution in [0.4, 0.5) is 13.2 Å². The highest BCUT2D eigenvalue weighted by Gasteiger charge is 2.35. The number of amides is 1. The molecule has 3 aromatic rings. The number of nitrogens with one attached hydrogen (secondary N) is 1. The molecule has 1 unspecified atom stereocenters. The van der Waals surface area contributed by atoms with Crippen molar-refractivity contribution >= 4 is 17.5 Å². The summed E-state index contributed by atoms with van der Waals surface area (Å²) in [5.74, 6) is -0.385. The predicted octanol–water partition coefficient (Wildman–Crippen LogP) is 4.71. The number of carbonyl (C=O) groups excluding carboxylic acids is 1. The van der Waals surface area contributed by atoms with Crippen molar-refractivity contribution in [3.8, 4) is 16.9 Å². The van der Waals surface area contributed by atoms with Crippen molar-refractivity contribution in [2.24, 2.45) is 0 Å². The van der Waals surface area contributed by atoms with E-state index in [4.69, 9.17) is 11.6 Å². The SMILES string of the molecule is CCC(O)CNC(=O)c1ccc(-c2cc(C(F)(F)F)nn2-c2ccccc2Cl)cc1. The Hall–Kier alpha value is -2.84. The maximum absolute atomic E-state index is 13.3. The van der Waals surface area contributed by atoms with E-state index in [2.05, 4.69) is 10.4 Å². The molecule has 0 aliphatic carbocycles. The van der Waals surface area contributed by atoms with Crippen molar-refractivity contribution in [3.63, 3.8) is 0 Å². The van der Waals surface area contributed by atoms with Crippen LogP contribution in [0, 0.1) is 0 Å². The van der Waals surface area contributed by atoms with Gasteiger partial charge in [-0.2, -0.15) is 18.3 Å². The number of aromatic nitrogens is 2. The van der Waals surface area contributed by atoms with Gasteiger partial charge < -0.3 is 10.4 Å². The van der Waals surface area contributed by atoms with Crippen molar-refractivity contribution < 1.29 is 23.1 Å². The number of aliphatic hydroxyl groups is 1. The topological polar surface area (TPSA) is 67.2 Å². The van der Waals surface area contributed by atoms with Crippen LogP contribution in [-0.2, 0) is 6.18 Å². The number of nitrogens with zero attached hydrogens (tertiary/aromatic N) is 2. The molecule has 0 aliphatic rings. The Kier molecular flexibility index (Phi) is 6.48. The Labute approximate surface area is 176 Å². The normalized spacial score (nSPS) is 12.6. The number of para-hydroxylation sites is 1. The van der Waals surface area contributed by atoms with E-state index in [-0.39, 0.29) is 23.2 Å². The van der Waals surface area contributed by atoms with Gasteiger partial charge in [-0.25, -0.2) is 4.68 Å². The molecule has 3 rings (SSSR count). The molecule has 1 atom stereocenters. The van der Waals surface area contributed by atoms with Crippen molar-refractivity contribution in [2.45, 2.75) is 25.6 Å². The van der Waals surface area contributed by atoms with E-state index in [9.17, 15) is 23.1 Å². The summed E-state index contributed by atoms with van der Waals surface area (Å²) in [4.78, 5) is 12.2. The zero-order chi connectivity index (χ0) is 21.9. The van der Waals surface area contributed by atoms with Crippen LogP contribution in [0.2, 0.25) is 5.02 Å². The molecule has 30 heavy (non-hydrogen) atoms. The molecular formula is C21H19ClF3N3O2. The molecule has 1 aromatic heterocycles. The van der Waals surface area contributed by atoms with Crippen molar-refractivity contribution in [3.05, 3.63) is 70.9 Å². The van der Waals surface area contributed by atoms with Crippen molar-refractivity contribution in [1.82, 2.24) is 15.1 Å². The lowest BCUT2D eigenvalue weighted by atomic mass is 10.1. The van der Waals surface area contributed by atoms with Crippen LogP contribution in [-0.4, -0.2) is 33.4 Å². The molecule has 0 spiro atoms. The molecular weight excluding hydrogens is 419 g/mol. The van der Waals surface area contributed by atoms with E-state index < -0.39 is 18.0 Å². The highest BCUT2D eigenvalue weighted by molar-refractivity contribution is 6.32. The van der Waals surface area contributed by atoms with Crippen molar-refractivity contribution in [1.29, 1.82) is 0 Å². The van der Waals surface area contributed by atoms with E-state index in [1.807, 2.05) is 0 Å². The third-order valence-corrected chi connectivity index (χ3v) is 4.81. The predicted molar refractivity (Wildman–Crippen MR) is 108 cm³/mol. The minimum Gasteiger partial charge on any atom is -0.391 e. The van der Waals surface area contributed by atoms with E-state index in [0.29, 0.717) is 23.2 Å². The monoisotopic (exact) mass is 437 g/mol. The largest absolute Gasteiger partial charge is 0.435 e. The molecule has 1 heterocycles. The molecule has 2 aromatic carbocycles. The lowest BCUT2D eigenvalue weighted by Gasteiger charge is -2.11. The summed E-state index contributed by atoms with van der Waals surface area (Å²) in [6, 6.07) is 13.5. The minimum atomic E-state index is -4.62. The highest BCUT2D eigenvalue weighted by atomic mass is 35.5. The summed E-state index contributed by atoms with van der Waals surface area (Å²) in [6.07, 6.45) is -4.76. The molecule has 0 aliphatic heterocycles.